The number of benzene rings is 12. The van der Waals surface area contributed by atoms with Gasteiger partial charge >= 0.3 is 0 Å². The first-order valence-electron chi connectivity index (χ1n) is 22.9. The van der Waals surface area contributed by atoms with E-state index in [1.165, 1.54) is 108 Å². The first-order valence-corrected chi connectivity index (χ1v) is 23.7. The average Bonchev–Trinajstić information content (AvgIpc) is 4.08. The normalized spacial score (nSPS) is 12.2. The minimum Gasteiger partial charge on any atom is -0.456 e. The molecule has 0 amide bonds. The summed E-state index contributed by atoms with van der Waals surface area (Å²) in [4.78, 5) is 0. The molecule has 0 aliphatic rings. The second-order valence-electron chi connectivity index (χ2n) is 17.8. The molecule has 0 fully saturated rings. The Labute approximate surface area is 388 Å². The van der Waals surface area contributed by atoms with Crippen LogP contribution in [0.25, 0.3) is 152 Å². The zero-order chi connectivity index (χ0) is 43.7. The van der Waals surface area contributed by atoms with E-state index in [-0.39, 0.29) is 0 Å². The first-order chi connectivity index (χ1) is 33.2. The number of furan rings is 2. The van der Waals surface area contributed by atoms with Gasteiger partial charge in [0.25, 0.3) is 0 Å². The Morgan fingerprint density at radius 2 is 0.597 bits per heavy atom. The largest absolute Gasteiger partial charge is 0.456 e. The minimum atomic E-state index is 0.908. The minimum absolute atomic E-state index is 0.908. The molecule has 0 radical (unpaired) electrons. The molecule has 310 valence electrons. The summed E-state index contributed by atoms with van der Waals surface area (Å²) in [5, 5.41) is 17.1. The van der Waals surface area contributed by atoms with E-state index in [0.717, 1.165) is 43.9 Å². The predicted molar refractivity (Wildman–Crippen MR) is 286 cm³/mol. The number of fused-ring (bicyclic) bond motifs is 13. The van der Waals surface area contributed by atoms with Crippen LogP contribution in [0.3, 0.4) is 0 Å². The highest BCUT2D eigenvalue weighted by Crippen LogP contribution is 2.50. The molecule has 0 atom stereocenters. The lowest BCUT2D eigenvalue weighted by molar-refractivity contribution is 0.668. The Morgan fingerprint density at radius 3 is 1.06 bits per heavy atom. The van der Waals surface area contributed by atoms with Crippen molar-refractivity contribution in [1.82, 2.24) is 0 Å². The van der Waals surface area contributed by atoms with Crippen LogP contribution < -0.4 is 0 Å². The van der Waals surface area contributed by atoms with Gasteiger partial charge < -0.3 is 8.83 Å². The summed E-state index contributed by atoms with van der Waals surface area (Å²) in [5.74, 6) is 0. The fraction of sp³-hybridized carbons (Fsp3) is 0. The third kappa shape index (κ3) is 5.32. The van der Waals surface area contributed by atoms with Crippen LogP contribution in [0.4, 0.5) is 0 Å². The van der Waals surface area contributed by atoms with Crippen molar-refractivity contribution < 1.29 is 8.83 Å². The monoisotopic (exact) mass is 868 g/mol. The Hall–Kier alpha value is -8.50. The van der Waals surface area contributed by atoms with Gasteiger partial charge in [0, 0.05) is 47.3 Å². The van der Waals surface area contributed by atoms with E-state index in [4.69, 9.17) is 8.83 Å². The van der Waals surface area contributed by atoms with E-state index in [0.29, 0.717) is 0 Å². The van der Waals surface area contributed by atoms with Gasteiger partial charge in [-0.25, -0.2) is 0 Å². The molecule has 15 aromatic rings. The maximum Gasteiger partial charge on any atom is 0.135 e. The molecular formula is C64H36O2S. The third-order valence-electron chi connectivity index (χ3n) is 14.3. The fourth-order valence-electron chi connectivity index (χ4n) is 11.4. The van der Waals surface area contributed by atoms with Crippen LogP contribution in [0.1, 0.15) is 0 Å². The van der Waals surface area contributed by atoms with E-state index in [9.17, 15) is 0 Å². The van der Waals surface area contributed by atoms with Gasteiger partial charge in [0.2, 0.25) is 0 Å². The number of rotatable bonds is 4. The lowest BCUT2D eigenvalue weighted by Crippen LogP contribution is -1.91. The van der Waals surface area contributed by atoms with Gasteiger partial charge in [-0.2, -0.15) is 0 Å². The summed E-state index contributed by atoms with van der Waals surface area (Å²) in [6.07, 6.45) is 0. The van der Waals surface area contributed by atoms with Gasteiger partial charge in [-0.15, -0.1) is 11.3 Å². The molecule has 67 heavy (non-hydrogen) atoms. The standard InChI is InChI=1S/C64H36O2S/c1-3-18-45-43(16-1)60(37-29-32-57-53(34-37)40-14-9-11-26-55(40)65-57)44-17-2-4-19-46(44)62(45)39-28-31-42-51-24-13-25-52(64(51)67-59(42)36-39)63-49-22-7-5-20-47(49)61(48-21-6-8-23-50(48)63)38-30-33-58-54(35-38)41-15-10-12-27-56(41)66-58/h1-36H. The van der Waals surface area contributed by atoms with Gasteiger partial charge in [-0.3, -0.25) is 0 Å². The van der Waals surface area contributed by atoms with Crippen molar-refractivity contribution in [2.24, 2.45) is 0 Å². The molecule has 2 nitrogen and oxygen atoms in total. The summed E-state index contributed by atoms with van der Waals surface area (Å²) < 4.78 is 15.1. The number of para-hydroxylation sites is 2. The lowest BCUT2D eigenvalue weighted by Gasteiger charge is -2.18. The van der Waals surface area contributed by atoms with Crippen molar-refractivity contribution in [2.45, 2.75) is 0 Å². The van der Waals surface area contributed by atoms with Crippen molar-refractivity contribution in [3.8, 4) is 44.5 Å². The van der Waals surface area contributed by atoms with Crippen molar-refractivity contribution in [3.05, 3.63) is 218 Å². The van der Waals surface area contributed by atoms with E-state index in [1.807, 2.05) is 23.5 Å². The smallest absolute Gasteiger partial charge is 0.135 e. The summed E-state index contributed by atoms with van der Waals surface area (Å²) in [6.45, 7) is 0. The van der Waals surface area contributed by atoms with Crippen molar-refractivity contribution >= 4 is 118 Å². The quantitative estimate of drug-likeness (QED) is 0.165. The predicted octanol–water partition coefficient (Wildman–Crippen LogP) is 19.1. The van der Waals surface area contributed by atoms with Crippen molar-refractivity contribution in [1.29, 1.82) is 0 Å². The van der Waals surface area contributed by atoms with Crippen molar-refractivity contribution in [2.75, 3.05) is 0 Å². The van der Waals surface area contributed by atoms with Gasteiger partial charge in [0.05, 0.1) is 0 Å². The van der Waals surface area contributed by atoms with Crippen LogP contribution in [-0.4, -0.2) is 0 Å². The van der Waals surface area contributed by atoms with Gasteiger partial charge in [0.1, 0.15) is 22.3 Å². The van der Waals surface area contributed by atoms with E-state index >= 15 is 0 Å². The summed E-state index contributed by atoms with van der Waals surface area (Å²) in [5.41, 5.74) is 13.5. The van der Waals surface area contributed by atoms with E-state index in [1.54, 1.807) is 0 Å². The van der Waals surface area contributed by atoms with Crippen LogP contribution in [0.5, 0.6) is 0 Å². The summed E-state index contributed by atoms with van der Waals surface area (Å²) >= 11 is 1.91. The lowest BCUT2D eigenvalue weighted by atomic mass is 9.85. The Kier molecular flexibility index (Phi) is 7.69. The van der Waals surface area contributed by atoms with Crippen LogP contribution in [0.2, 0.25) is 0 Å². The van der Waals surface area contributed by atoms with E-state index in [2.05, 4.69) is 206 Å². The van der Waals surface area contributed by atoms with Gasteiger partial charge in [0.15, 0.2) is 0 Å². The molecule has 0 bridgehead atoms. The molecule has 3 aromatic heterocycles. The van der Waals surface area contributed by atoms with E-state index < -0.39 is 0 Å². The SMILES string of the molecule is c1ccc2c(c1)oc1ccc(-c3c4ccccc4c(-c4ccc5c(c4)sc4c(-c6c7ccccc7c(-c7ccc8oc9ccccc9c8c7)c7ccccc67)cccc45)c4ccccc34)cc12. The summed E-state index contributed by atoms with van der Waals surface area (Å²) in [7, 11) is 0. The molecule has 0 aliphatic heterocycles. The van der Waals surface area contributed by atoms with Crippen LogP contribution in [0.15, 0.2) is 227 Å². The molecule has 0 unspecified atom stereocenters. The zero-order valence-corrected chi connectivity index (χ0v) is 36.8. The second-order valence-corrected chi connectivity index (χ2v) is 18.8. The molecule has 0 aliphatic carbocycles. The van der Waals surface area contributed by atoms with Crippen molar-refractivity contribution in [3.63, 3.8) is 0 Å². The number of thiophene rings is 1. The Balaban J connectivity index is 0.933. The maximum absolute atomic E-state index is 6.27. The number of hydrogen-bond acceptors (Lipinski definition) is 3. The fourth-order valence-corrected chi connectivity index (χ4v) is 12.7. The molecule has 0 N–H and O–H groups in total. The second kappa shape index (κ2) is 14.0. The molecule has 15 rings (SSSR count). The number of hydrogen-bond donors (Lipinski definition) is 0. The van der Waals surface area contributed by atoms with Crippen LogP contribution in [0, 0.1) is 0 Å². The molecule has 12 aromatic carbocycles. The highest BCUT2D eigenvalue weighted by molar-refractivity contribution is 7.26. The van der Waals surface area contributed by atoms with Crippen LogP contribution >= 0.6 is 11.3 Å². The average molecular weight is 869 g/mol. The third-order valence-corrected chi connectivity index (χ3v) is 15.5. The molecule has 3 heterocycles. The Bertz CT molecular complexity index is 4470. The maximum atomic E-state index is 6.27. The molecule has 0 saturated heterocycles. The topological polar surface area (TPSA) is 26.3 Å². The van der Waals surface area contributed by atoms with Crippen LogP contribution in [-0.2, 0) is 0 Å². The zero-order valence-electron chi connectivity index (χ0n) is 36.0. The highest BCUT2D eigenvalue weighted by atomic mass is 32.1. The molecule has 3 heteroatoms. The highest BCUT2D eigenvalue weighted by Gasteiger charge is 2.22. The first kappa shape index (κ1) is 36.8. The summed E-state index contributed by atoms with van der Waals surface area (Å²) in [6, 6.07) is 79.9. The van der Waals surface area contributed by atoms with Gasteiger partial charge in [-0.05, 0) is 124 Å². The Morgan fingerprint density at radius 1 is 0.239 bits per heavy atom. The molecule has 0 spiro atoms. The molecule has 0 saturated carbocycles. The molecular weight excluding hydrogens is 833 g/mol. The van der Waals surface area contributed by atoms with Gasteiger partial charge in [-0.1, -0.05) is 176 Å².